The second-order valence-corrected chi connectivity index (χ2v) is 6.62. The molecule has 1 aliphatic rings. The zero-order valence-electron chi connectivity index (χ0n) is 12.4. The van der Waals surface area contributed by atoms with Gasteiger partial charge in [0.15, 0.2) is 0 Å². The van der Waals surface area contributed by atoms with Gasteiger partial charge in [0.25, 0.3) is 5.91 Å². The van der Waals surface area contributed by atoms with Crippen LogP contribution in [0.4, 0.5) is 0 Å². The summed E-state index contributed by atoms with van der Waals surface area (Å²) in [6.07, 6.45) is 1.96. The predicted molar refractivity (Wildman–Crippen MR) is 88.2 cm³/mol. The first kappa shape index (κ1) is 15.1. The monoisotopic (exact) mass is 316 g/mol. The number of benzene rings is 1. The molecule has 0 radical (unpaired) electrons. The van der Waals surface area contributed by atoms with Gasteiger partial charge in [-0.25, -0.2) is 0 Å². The van der Waals surface area contributed by atoms with Gasteiger partial charge in [0.1, 0.15) is 5.75 Å². The normalized spacial score (nSPS) is 16.5. The SMILES string of the molecule is O=C(NC1CCN(Cc2ccc(O)cc2)CC1)c1cccs1. The Balaban J connectivity index is 1.46. The lowest BCUT2D eigenvalue weighted by molar-refractivity contribution is 0.0913. The number of carbonyl (C=O) groups excluding carboxylic acids is 1. The van der Waals surface area contributed by atoms with Gasteiger partial charge >= 0.3 is 0 Å². The van der Waals surface area contributed by atoms with Crippen LogP contribution in [0.5, 0.6) is 5.75 Å². The maximum absolute atomic E-state index is 12.0. The Bertz CT molecular complexity index is 602. The quantitative estimate of drug-likeness (QED) is 0.912. The Labute approximate surface area is 134 Å². The smallest absolute Gasteiger partial charge is 0.261 e. The number of hydrogen-bond acceptors (Lipinski definition) is 4. The van der Waals surface area contributed by atoms with Crippen LogP contribution in [0.25, 0.3) is 0 Å². The molecule has 0 atom stereocenters. The average molecular weight is 316 g/mol. The molecular weight excluding hydrogens is 296 g/mol. The first-order valence-electron chi connectivity index (χ1n) is 7.55. The lowest BCUT2D eigenvalue weighted by atomic mass is 10.0. The van der Waals surface area contributed by atoms with Crippen LogP contribution in [-0.2, 0) is 6.54 Å². The number of likely N-dealkylation sites (tertiary alicyclic amines) is 1. The highest BCUT2D eigenvalue weighted by atomic mass is 32.1. The van der Waals surface area contributed by atoms with Crippen LogP contribution in [-0.4, -0.2) is 35.0 Å². The number of phenolic OH excluding ortho intramolecular Hbond substituents is 1. The van der Waals surface area contributed by atoms with Crippen molar-refractivity contribution >= 4 is 17.2 Å². The summed E-state index contributed by atoms with van der Waals surface area (Å²) in [6, 6.07) is 11.4. The van der Waals surface area contributed by atoms with Gasteiger partial charge in [0.05, 0.1) is 4.88 Å². The molecule has 5 heteroatoms. The van der Waals surface area contributed by atoms with Crippen molar-refractivity contribution in [3.63, 3.8) is 0 Å². The minimum atomic E-state index is 0.0481. The van der Waals surface area contributed by atoms with Crippen molar-refractivity contribution in [3.8, 4) is 5.75 Å². The number of piperidine rings is 1. The van der Waals surface area contributed by atoms with Crippen molar-refractivity contribution in [1.82, 2.24) is 10.2 Å². The van der Waals surface area contributed by atoms with Crippen LogP contribution in [0.15, 0.2) is 41.8 Å². The van der Waals surface area contributed by atoms with E-state index in [4.69, 9.17) is 0 Å². The number of nitrogens with zero attached hydrogens (tertiary/aromatic N) is 1. The predicted octanol–water partition coefficient (Wildman–Crippen LogP) is 2.85. The summed E-state index contributed by atoms with van der Waals surface area (Å²) in [5, 5.41) is 14.4. The number of nitrogens with one attached hydrogen (secondary N) is 1. The van der Waals surface area contributed by atoms with Gasteiger partial charge in [-0.05, 0) is 42.0 Å². The Hall–Kier alpha value is -1.85. The highest BCUT2D eigenvalue weighted by Gasteiger charge is 2.21. The molecule has 1 aromatic heterocycles. The number of rotatable bonds is 4. The summed E-state index contributed by atoms with van der Waals surface area (Å²) in [7, 11) is 0. The summed E-state index contributed by atoms with van der Waals surface area (Å²) >= 11 is 1.48. The van der Waals surface area contributed by atoms with E-state index in [-0.39, 0.29) is 11.9 Å². The third kappa shape index (κ3) is 3.87. The van der Waals surface area contributed by atoms with E-state index in [0.29, 0.717) is 5.75 Å². The fourth-order valence-corrected chi connectivity index (χ4v) is 3.39. The Morgan fingerprint density at radius 2 is 1.95 bits per heavy atom. The molecule has 0 unspecified atom stereocenters. The zero-order valence-corrected chi connectivity index (χ0v) is 13.2. The number of amides is 1. The lowest BCUT2D eigenvalue weighted by Crippen LogP contribution is -2.44. The van der Waals surface area contributed by atoms with Crippen molar-refractivity contribution in [2.45, 2.75) is 25.4 Å². The Morgan fingerprint density at radius 3 is 2.59 bits per heavy atom. The summed E-state index contributed by atoms with van der Waals surface area (Å²) in [6.45, 7) is 2.86. The Kier molecular flexibility index (Phi) is 4.75. The minimum absolute atomic E-state index is 0.0481. The number of phenols is 1. The van der Waals surface area contributed by atoms with Crippen molar-refractivity contribution < 1.29 is 9.90 Å². The summed E-state index contributed by atoms with van der Waals surface area (Å²) in [4.78, 5) is 15.2. The molecule has 1 fully saturated rings. The minimum Gasteiger partial charge on any atom is -0.508 e. The first-order valence-corrected chi connectivity index (χ1v) is 8.43. The van der Waals surface area contributed by atoms with E-state index >= 15 is 0 Å². The van der Waals surface area contributed by atoms with E-state index in [1.807, 2.05) is 29.6 Å². The number of thiophene rings is 1. The van der Waals surface area contributed by atoms with Gasteiger partial charge in [0.2, 0.25) is 0 Å². The molecule has 2 heterocycles. The first-order chi connectivity index (χ1) is 10.7. The maximum Gasteiger partial charge on any atom is 0.261 e. The molecular formula is C17H20N2O2S. The van der Waals surface area contributed by atoms with Crippen molar-refractivity contribution in [2.24, 2.45) is 0 Å². The molecule has 4 nitrogen and oxygen atoms in total. The molecule has 2 N–H and O–H groups in total. The number of aromatic hydroxyl groups is 1. The molecule has 3 rings (SSSR count). The zero-order chi connectivity index (χ0) is 15.4. The lowest BCUT2D eigenvalue weighted by Gasteiger charge is -2.32. The fourth-order valence-electron chi connectivity index (χ4n) is 2.76. The largest absolute Gasteiger partial charge is 0.508 e. The summed E-state index contributed by atoms with van der Waals surface area (Å²) < 4.78 is 0. The molecule has 2 aromatic rings. The average Bonchev–Trinajstić information content (AvgIpc) is 3.06. The van der Waals surface area contributed by atoms with E-state index in [1.54, 1.807) is 12.1 Å². The van der Waals surface area contributed by atoms with Gasteiger partial charge in [-0.1, -0.05) is 18.2 Å². The molecule has 1 amide bonds. The highest BCUT2D eigenvalue weighted by Crippen LogP contribution is 2.17. The van der Waals surface area contributed by atoms with Crippen LogP contribution in [0.2, 0.25) is 0 Å². The van der Waals surface area contributed by atoms with Crippen LogP contribution in [0.3, 0.4) is 0 Å². The molecule has 1 aromatic carbocycles. The molecule has 1 saturated heterocycles. The molecule has 0 spiro atoms. The van der Waals surface area contributed by atoms with Crippen LogP contribution in [0.1, 0.15) is 28.1 Å². The second-order valence-electron chi connectivity index (χ2n) is 5.67. The third-order valence-electron chi connectivity index (χ3n) is 4.01. The van der Waals surface area contributed by atoms with E-state index in [2.05, 4.69) is 10.2 Å². The molecule has 1 aliphatic heterocycles. The fraction of sp³-hybridized carbons (Fsp3) is 0.353. The van der Waals surface area contributed by atoms with Gasteiger partial charge in [-0.3, -0.25) is 9.69 Å². The number of carbonyl (C=O) groups is 1. The maximum atomic E-state index is 12.0. The molecule has 0 saturated carbocycles. The van der Waals surface area contributed by atoms with E-state index < -0.39 is 0 Å². The van der Waals surface area contributed by atoms with Crippen LogP contribution in [0, 0.1) is 0 Å². The van der Waals surface area contributed by atoms with E-state index in [1.165, 1.54) is 16.9 Å². The van der Waals surface area contributed by atoms with Gasteiger partial charge in [-0.2, -0.15) is 0 Å². The standard InChI is InChI=1S/C17H20N2O2S/c20-15-5-3-13(4-6-15)12-19-9-7-14(8-10-19)18-17(21)16-2-1-11-22-16/h1-6,11,14,20H,7-10,12H2,(H,18,21). The summed E-state index contributed by atoms with van der Waals surface area (Å²) in [5.41, 5.74) is 1.21. The topological polar surface area (TPSA) is 52.6 Å². The number of hydrogen-bond donors (Lipinski definition) is 2. The third-order valence-corrected chi connectivity index (χ3v) is 4.88. The van der Waals surface area contributed by atoms with Crippen molar-refractivity contribution in [1.29, 1.82) is 0 Å². The summed E-state index contributed by atoms with van der Waals surface area (Å²) in [5.74, 6) is 0.353. The second kappa shape index (κ2) is 6.94. The van der Waals surface area contributed by atoms with Gasteiger partial charge in [-0.15, -0.1) is 11.3 Å². The van der Waals surface area contributed by atoms with E-state index in [0.717, 1.165) is 37.4 Å². The van der Waals surface area contributed by atoms with Crippen molar-refractivity contribution in [3.05, 3.63) is 52.2 Å². The van der Waals surface area contributed by atoms with Gasteiger partial charge in [0, 0.05) is 25.7 Å². The molecule has 116 valence electrons. The van der Waals surface area contributed by atoms with Gasteiger partial charge < -0.3 is 10.4 Å². The Morgan fingerprint density at radius 1 is 1.23 bits per heavy atom. The van der Waals surface area contributed by atoms with Crippen LogP contribution >= 0.6 is 11.3 Å². The van der Waals surface area contributed by atoms with Crippen LogP contribution < -0.4 is 5.32 Å². The molecule has 22 heavy (non-hydrogen) atoms. The van der Waals surface area contributed by atoms with Crippen molar-refractivity contribution in [2.75, 3.05) is 13.1 Å². The molecule has 0 aliphatic carbocycles. The molecule has 0 bridgehead atoms. The highest BCUT2D eigenvalue weighted by molar-refractivity contribution is 7.12. The van der Waals surface area contributed by atoms with E-state index in [9.17, 15) is 9.90 Å².